The van der Waals surface area contributed by atoms with Gasteiger partial charge in [-0.2, -0.15) is 0 Å². The first kappa shape index (κ1) is 13.7. The van der Waals surface area contributed by atoms with Crippen molar-refractivity contribution in [3.63, 3.8) is 0 Å². The molecule has 0 aromatic carbocycles. The number of hydrogen-bond donors (Lipinski definition) is 0. The van der Waals surface area contributed by atoms with Crippen molar-refractivity contribution in [3.8, 4) is 0 Å². The highest BCUT2D eigenvalue weighted by molar-refractivity contribution is 6.17. The summed E-state index contributed by atoms with van der Waals surface area (Å²) in [5.41, 5.74) is 0.0289. The van der Waals surface area contributed by atoms with E-state index in [1.807, 2.05) is 0 Å². The van der Waals surface area contributed by atoms with Gasteiger partial charge >= 0.3 is 5.97 Å². The minimum atomic E-state index is -0.602. The number of ketones is 1. The summed E-state index contributed by atoms with van der Waals surface area (Å²) >= 11 is 0. The molecule has 86 valence electrons. The van der Waals surface area contributed by atoms with E-state index in [0.29, 0.717) is 12.4 Å². The van der Waals surface area contributed by atoms with Gasteiger partial charge in [0.25, 0.3) is 0 Å². The third-order valence-electron chi connectivity index (χ3n) is 1.79. The summed E-state index contributed by atoms with van der Waals surface area (Å²) in [6.45, 7) is 7.46. The molecule has 0 bridgehead atoms. The van der Waals surface area contributed by atoms with Crippen molar-refractivity contribution in [2.24, 2.45) is 0 Å². The van der Waals surface area contributed by atoms with E-state index >= 15 is 0 Å². The first-order valence-corrected chi connectivity index (χ1v) is 5.12. The van der Waals surface area contributed by atoms with Gasteiger partial charge in [-0.25, -0.2) is 4.79 Å². The largest absolute Gasteiger partial charge is 0.497 e. The van der Waals surface area contributed by atoms with Crippen LogP contribution < -0.4 is 0 Å². The van der Waals surface area contributed by atoms with Crippen LogP contribution in [0.5, 0.6) is 0 Å². The Morgan fingerprint density at radius 1 is 1.00 bits per heavy atom. The monoisotopic (exact) mass is 214 g/mol. The molecule has 0 rings (SSSR count). The second-order valence-electron chi connectivity index (χ2n) is 2.86. The third kappa shape index (κ3) is 4.14. The third-order valence-corrected chi connectivity index (χ3v) is 1.79. The van der Waals surface area contributed by atoms with Crippen molar-refractivity contribution < 1.29 is 19.1 Å². The SMILES string of the molecule is CCOC(=O)/C(C(=O)CC)=C(/C)OCC. The van der Waals surface area contributed by atoms with Gasteiger partial charge in [-0.1, -0.05) is 6.92 Å². The average Bonchev–Trinajstić information content (AvgIpc) is 2.18. The normalized spacial score (nSPS) is 11.7. The van der Waals surface area contributed by atoms with E-state index in [4.69, 9.17) is 9.47 Å². The molecule has 0 aliphatic heterocycles. The lowest BCUT2D eigenvalue weighted by molar-refractivity contribution is -0.140. The number of carbonyl (C=O) groups is 2. The van der Waals surface area contributed by atoms with Gasteiger partial charge in [-0.05, 0) is 20.8 Å². The van der Waals surface area contributed by atoms with Crippen LogP contribution in [0.4, 0.5) is 0 Å². The van der Waals surface area contributed by atoms with Gasteiger partial charge in [0.15, 0.2) is 5.78 Å². The fourth-order valence-electron chi connectivity index (χ4n) is 1.12. The molecule has 0 spiro atoms. The van der Waals surface area contributed by atoms with Crippen LogP contribution in [0.25, 0.3) is 0 Å². The quantitative estimate of drug-likeness (QED) is 0.222. The van der Waals surface area contributed by atoms with Crippen molar-refractivity contribution in [3.05, 3.63) is 11.3 Å². The van der Waals surface area contributed by atoms with Gasteiger partial charge in [0.05, 0.1) is 13.2 Å². The average molecular weight is 214 g/mol. The molecular formula is C11H18O4. The van der Waals surface area contributed by atoms with Gasteiger partial charge in [-0.15, -0.1) is 0 Å². The van der Waals surface area contributed by atoms with E-state index in [-0.39, 0.29) is 24.4 Å². The molecule has 4 nitrogen and oxygen atoms in total. The van der Waals surface area contributed by atoms with Gasteiger partial charge in [-0.3, -0.25) is 4.79 Å². The molecule has 0 aromatic rings. The second kappa shape index (κ2) is 7.04. The maximum atomic E-state index is 11.5. The first-order valence-electron chi connectivity index (χ1n) is 5.12. The Bertz CT molecular complexity index is 266. The maximum Gasteiger partial charge on any atom is 0.345 e. The highest BCUT2D eigenvalue weighted by Gasteiger charge is 2.21. The molecule has 15 heavy (non-hydrogen) atoms. The molecule has 0 aromatic heterocycles. The number of esters is 1. The molecule has 0 aliphatic rings. The lowest BCUT2D eigenvalue weighted by Crippen LogP contribution is -2.18. The molecule has 0 amide bonds. The maximum absolute atomic E-state index is 11.5. The van der Waals surface area contributed by atoms with E-state index in [2.05, 4.69) is 0 Å². The zero-order valence-electron chi connectivity index (χ0n) is 9.75. The fraction of sp³-hybridized carbons (Fsp3) is 0.636. The van der Waals surface area contributed by atoms with E-state index in [1.165, 1.54) is 0 Å². The fourth-order valence-corrected chi connectivity index (χ4v) is 1.12. The smallest absolute Gasteiger partial charge is 0.345 e. The lowest BCUT2D eigenvalue weighted by atomic mass is 10.1. The zero-order chi connectivity index (χ0) is 11.8. The van der Waals surface area contributed by atoms with Crippen LogP contribution >= 0.6 is 0 Å². The summed E-state index contributed by atoms with van der Waals surface area (Å²) in [4.78, 5) is 23.0. The van der Waals surface area contributed by atoms with Crippen LogP contribution in [0.1, 0.15) is 34.1 Å². The van der Waals surface area contributed by atoms with Crippen molar-refractivity contribution >= 4 is 11.8 Å². The van der Waals surface area contributed by atoms with Crippen molar-refractivity contribution in [2.45, 2.75) is 34.1 Å². The molecule has 0 aliphatic carbocycles. The molecule has 0 fully saturated rings. The van der Waals surface area contributed by atoms with Gasteiger partial charge < -0.3 is 9.47 Å². The number of rotatable bonds is 6. The van der Waals surface area contributed by atoms with Crippen LogP contribution in [0.3, 0.4) is 0 Å². The predicted molar refractivity (Wildman–Crippen MR) is 56.3 cm³/mol. The number of ether oxygens (including phenoxy) is 2. The Morgan fingerprint density at radius 2 is 1.53 bits per heavy atom. The Morgan fingerprint density at radius 3 is 1.93 bits per heavy atom. The molecule has 0 saturated heterocycles. The van der Waals surface area contributed by atoms with E-state index < -0.39 is 5.97 Å². The Balaban J connectivity index is 4.95. The molecular weight excluding hydrogens is 196 g/mol. The Hall–Kier alpha value is -1.32. The summed E-state index contributed by atoms with van der Waals surface area (Å²) < 4.78 is 9.95. The second-order valence-corrected chi connectivity index (χ2v) is 2.86. The van der Waals surface area contributed by atoms with Gasteiger partial charge in [0, 0.05) is 6.42 Å². The van der Waals surface area contributed by atoms with Crippen molar-refractivity contribution in [1.82, 2.24) is 0 Å². The van der Waals surface area contributed by atoms with E-state index in [9.17, 15) is 9.59 Å². The Labute approximate surface area is 90.2 Å². The highest BCUT2D eigenvalue weighted by Crippen LogP contribution is 2.11. The van der Waals surface area contributed by atoms with Crippen molar-refractivity contribution in [2.75, 3.05) is 13.2 Å². The summed E-state index contributed by atoms with van der Waals surface area (Å²) in [7, 11) is 0. The lowest BCUT2D eigenvalue weighted by Gasteiger charge is -2.09. The Kier molecular flexibility index (Phi) is 6.42. The van der Waals surface area contributed by atoms with Crippen molar-refractivity contribution in [1.29, 1.82) is 0 Å². The van der Waals surface area contributed by atoms with Crippen LogP contribution in [0.2, 0.25) is 0 Å². The molecule has 0 heterocycles. The molecule has 4 heteroatoms. The van der Waals surface area contributed by atoms with E-state index in [1.54, 1.807) is 27.7 Å². The van der Waals surface area contributed by atoms with Crippen LogP contribution in [0.15, 0.2) is 11.3 Å². The topological polar surface area (TPSA) is 52.6 Å². The minimum absolute atomic E-state index is 0.0289. The standard InChI is InChI=1S/C11H18O4/c1-5-9(12)10(8(4)14-6-2)11(13)15-7-3/h5-7H2,1-4H3/b10-8-. The van der Waals surface area contributed by atoms with Crippen LogP contribution in [-0.2, 0) is 19.1 Å². The summed E-state index contributed by atoms with van der Waals surface area (Å²) in [5.74, 6) is -0.516. The molecule has 0 unspecified atom stereocenters. The molecule has 0 atom stereocenters. The molecule has 0 saturated carbocycles. The highest BCUT2D eigenvalue weighted by atomic mass is 16.5. The number of carbonyl (C=O) groups excluding carboxylic acids is 2. The summed E-state index contributed by atoms with van der Waals surface area (Å²) in [6, 6.07) is 0. The zero-order valence-corrected chi connectivity index (χ0v) is 9.75. The molecule has 0 radical (unpaired) electrons. The molecule has 0 N–H and O–H groups in total. The minimum Gasteiger partial charge on any atom is -0.497 e. The predicted octanol–water partition coefficient (Wildman–Crippen LogP) is 1.84. The summed E-state index contributed by atoms with van der Waals surface area (Å²) in [5, 5.41) is 0. The van der Waals surface area contributed by atoms with Crippen LogP contribution in [-0.4, -0.2) is 25.0 Å². The van der Waals surface area contributed by atoms with E-state index in [0.717, 1.165) is 0 Å². The number of hydrogen-bond acceptors (Lipinski definition) is 4. The van der Waals surface area contributed by atoms with Gasteiger partial charge in [0.1, 0.15) is 11.3 Å². The summed E-state index contributed by atoms with van der Waals surface area (Å²) in [6.07, 6.45) is 0.262. The van der Waals surface area contributed by atoms with Gasteiger partial charge in [0.2, 0.25) is 0 Å². The van der Waals surface area contributed by atoms with Crippen LogP contribution in [0, 0.1) is 0 Å². The first-order chi connectivity index (χ1) is 7.08. The number of allylic oxidation sites excluding steroid dienone is 1. The number of Topliss-reactive ketones (excluding diaryl/α,β-unsaturated/α-hetero) is 1.